The maximum Gasteiger partial charge on any atom is 0.188 e. The van der Waals surface area contributed by atoms with Crippen molar-refractivity contribution in [3.63, 3.8) is 0 Å². The molecule has 6 nitrogen and oxygen atoms in total. The van der Waals surface area contributed by atoms with Crippen molar-refractivity contribution in [1.29, 1.82) is 0 Å². The van der Waals surface area contributed by atoms with Gasteiger partial charge in [-0.3, -0.25) is 0 Å². The summed E-state index contributed by atoms with van der Waals surface area (Å²) in [4.78, 5) is 1.41. The van der Waals surface area contributed by atoms with Crippen LogP contribution in [0.1, 0.15) is 12.7 Å². The molecule has 1 aromatic rings. The fourth-order valence-corrected chi connectivity index (χ4v) is 1.92. The maximum absolute atomic E-state index is 9.85. The molecule has 0 aromatic carbocycles. The second-order valence-electron chi connectivity index (χ2n) is 3.73. The number of hydrogen-bond acceptors (Lipinski definition) is 6. The van der Waals surface area contributed by atoms with Gasteiger partial charge in [-0.05, 0) is 18.4 Å². The summed E-state index contributed by atoms with van der Waals surface area (Å²) in [5, 5.41) is 24.5. The molecule has 0 saturated carbocycles. The Hall–Kier alpha value is -0.660. The van der Waals surface area contributed by atoms with Gasteiger partial charge in [-0.2, -0.15) is 16.6 Å². The average molecular weight is 231 g/mol. The first-order valence-corrected chi connectivity index (χ1v) is 6.08. The van der Waals surface area contributed by atoms with Gasteiger partial charge in [-0.25, -0.2) is 0 Å². The van der Waals surface area contributed by atoms with Gasteiger partial charge in [0, 0.05) is 12.3 Å². The van der Waals surface area contributed by atoms with Gasteiger partial charge in [0.25, 0.3) is 0 Å². The highest BCUT2D eigenvalue weighted by atomic mass is 32.2. The number of rotatable bonds is 6. The molecule has 1 atom stereocenters. The van der Waals surface area contributed by atoms with Crippen LogP contribution in [0, 0.1) is 0 Å². The lowest BCUT2D eigenvalue weighted by Gasteiger charge is -2.22. The summed E-state index contributed by atoms with van der Waals surface area (Å²) in [5.41, 5.74) is -0.693. The first-order chi connectivity index (χ1) is 7.03. The summed E-state index contributed by atoms with van der Waals surface area (Å²) in [6, 6.07) is 0. The molecule has 0 amide bonds. The molecule has 1 rings (SSSR count). The lowest BCUT2D eigenvalue weighted by molar-refractivity contribution is 0.0844. The van der Waals surface area contributed by atoms with E-state index in [1.54, 1.807) is 25.7 Å². The highest BCUT2D eigenvalue weighted by molar-refractivity contribution is 7.98. The predicted octanol–water partition coefficient (Wildman–Crippen LogP) is -0.586. The summed E-state index contributed by atoms with van der Waals surface area (Å²) in [7, 11) is 1.72. The number of nitrogens with zero attached hydrogens (tertiary/aromatic N) is 4. The van der Waals surface area contributed by atoms with Crippen molar-refractivity contribution in [1.82, 2.24) is 25.5 Å². The maximum atomic E-state index is 9.85. The Kier molecular flexibility index (Phi) is 4.49. The molecule has 86 valence electrons. The van der Waals surface area contributed by atoms with Crippen LogP contribution in [0.3, 0.4) is 0 Å². The Morgan fingerprint density at radius 2 is 2.33 bits per heavy atom. The second-order valence-corrected chi connectivity index (χ2v) is 4.59. The van der Waals surface area contributed by atoms with E-state index >= 15 is 0 Å². The Morgan fingerprint density at radius 1 is 1.60 bits per heavy atom. The van der Waals surface area contributed by atoms with Crippen molar-refractivity contribution in [2.24, 2.45) is 7.05 Å². The minimum atomic E-state index is -0.693. The van der Waals surface area contributed by atoms with E-state index in [1.165, 1.54) is 4.80 Å². The van der Waals surface area contributed by atoms with Crippen molar-refractivity contribution >= 4 is 11.8 Å². The number of nitrogens with one attached hydrogen (secondary N) is 1. The Balaban J connectivity index is 2.27. The summed E-state index contributed by atoms with van der Waals surface area (Å²) in [6.45, 7) is 2.85. The minimum absolute atomic E-state index is 0.520. The third kappa shape index (κ3) is 4.59. The zero-order chi connectivity index (χ0) is 11.3. The van der Waals surface area contributed by atoms with Crippen LogP contribution in [0.5, 0.6) is 0 Å². The average Bonchev–Trinajstić information content (AvgIpc) is 2.51. The van der Waals surface area contributed by atoms with E-state index < -0.39 is 5.60 Å². The number of aliphatic hydroxyl groups is 1. The molecule has 0 aliphatic carbocycles. The van der Waals surface area contributed by atoms with E-state index in [2.05, 4.69) is 20.7 Å². The highest BCUT2D eigenvalue weighted by Gasteiger charge is 2.18. The van der Waals surface area contributed by atoms with Crippen molar-refractivity contribution in [3.8, 4) is 0 Å². The number of aryl methyl sites for hydroxylation is 1. The van der Waals surface area contributed by atoms with E-state index in [0.29, 0.717) is 24.7 Å². The molecule has 0 radical (unpaired) electrons. The second kappa shape index (κ2) is 5.43. The first kappa shape index (κ1) is 12.4. The largest absolute Gasteiger partial charge is 0.388 e. The molecule has 15 heavy (non-hydrogen) atoms. The summed E-state index contributed by atoms with van der Waals surface area (Å²) < 4.78 is 0. The molecule has 1 aromatic heterocycles. The molecular formula is C8H17N5OS. The van der Waals surface area contributed by atoms with Crippen LogP contribution in [0.4, 0.5) is 0 Å². The highest BCUT2D eigenvalue weighted by Crippen LogP contribution is 2.08. The summed E-state index contributed by atoms with van der Waals surface area (Å²) in [5.74, 6) is 1.34. The first-order valence-electron chi connectivity index (χ1n) is 4.68. The topological polar surface area (TPSA) is 75.9 Å². The molecule has 1 unspecified atom stereocenters. The van der Waals surface area contributed by atoms with Crippen LogP contribution >= 0.6 is 11.8 Å². The van der Waals surface area contributed by atoms with Gasteiger partial charge in [0.1, 0.15) is 0 Å². The lowest BCUT2D eigenvalue weighted by atomic mass is 10.1. The van der Waals surface area contributed by atoms with E-state index in [4.69, 9.17) is 0 Å². The third-order valence-corrected chi connectivity index (χ3v) is 2.70. The molecule has 0 spiro atoms. The van der Waals surface area contributed by atoms with E-state index in [-0.39, 0.29) is 0 Å². The predicted molar refractivity (Wildman–Crippen MR) is 59.5 cm³/mol. The van der Waals surface area contributed by atoms with Gasteiger partial charge in [-0.15, -0.1) is 10.2 Å². The van der Waals surface area contributed by atoms with Crippen LogP contribution in [0.2, 0.25) is 0 Å². The summed E-state index contributed by atoms with van der Waals surface area (Å²) >= 11 is 1.62. The third-order valence-electron chi connectivity index (χ3n) is 1.79. The van der Waals surface area contributed by atoms with Gasteiger partial charge in [0.05, 0.1) is 19.2 Å². The molecule has 1 heterocycles. The lowest BCUT2D eigenvalue weighted by Crippen LogP contribution is -2.39. The fraction of sp³-hybridized carbons (Fsp3) is 0.875. The Morgan fingerprint density at radius 3 is 2.87 bits per heavy atom. The SMILES string of the molecule is CSCC(C)(O)CNCc1nnn(C)n1. The van der Waals surface area contributed by atoms with Gasteiger partial charge in [-0.1, -0.05) is 0 Å². The number of thioether (sulfide) groups is 1. The molecule has 0 aliphatic rings. The standard InChI is InChI=1S/C8H17N5OS/c1-8(14,6-15-3)5-9-4-7-10-12-13(2)11-7/h9,14H,4-6H2,1-3H3. The number of hydrogen-bond donors (Lipinski definition) is 2. The van der Waals surface area contributed by atoms with Crippen molar-refractivity contribution in [2.75, 3.05) is 18.6 Å². The minimum Gasteiger partial charge on any atom is -0.388 e. The van der Waals surface area contributed by atoms with Crippen LogP contribution in [-0.4, -0.2) is 49.5 Å². The molecule has 0 aliphatic heterocycles. The molecule has 0 fully saturated rings. The number of tetrazole rings is 1. The molecule has 7 heteroatoms. The number of aromatic nitrogens is 4. The van der Waals surface area contributed by atoms with Crippen LogP contribution in [0.15, 0.2) is 0 Å². The van der Waals surface area contributed by atoms with Crippen molar-refractivity contribution in [3.05, 3.63) is 5.82 Å². The molecular weight excluding hydrogens is 214 g/mol. The molecule has 0 saturated heterocycles. The molecule has 0 bridgehead atoms. The zero-order valence-corrected chi connectivity index (χ0v) is 10.1. The van der Waals surface area contributed by atoms with E-state index in [9.17, 15) is 5.11 Å². The molecule has 2 N–H and O–H groups in total. The normalized spacial score (nSPS) is 15.2. The zero-order valence-electron chi connectivity index (χ0n) is 9.27. The Bertz CT molecular complexity index is 301. The smallest absolute Gasteiger partial charge is 0.188 e. The van der Waals surface area contributed by atoms with E-state index in [1.807, 2.05) is 6.26 Å². The van der Waals surface area contributed by atoms with Gasteiger partial charge >= 0.3 is 0 Å². The van der Waals surface area contributed by atoms with Gasteiger partial charge in [0.2, 0.25) is 0 Å². The fourth-order valence-electron chi connectivity index (χ4n) is 1.20. The van der Waals surface area contributed by atoms with Gasteiger partial charge in [0.15, 0.2) is 5.82 Å². The van der Waals surface area contributed by atoms with Crippen molar-refractivity contribution in [2.45, 2.75) is 19.1 Å². The van der Waals surface area contributed by atoms with Gasteiger partial charge < -0.3 is 10.4 Å². The Labute approximate surface area is 93.4 Å². The monoisotopic (exact) mass is 231 g/mol. The van der Waals surface area contributed by atoms with Crippen molar-refractivity contribution < 1.29 is 5.11 Å². The van der Waals surface area contributed by atoms with E-state index in [0.717, 1.165) is 0 Å². The van der Waals surface area contributed by atoms with Crippen LogP contribution in [0.25, 0.3) is 0 Å². The quantitative estimate of drug-likeness (QED) is 0.682. The van der Waals surface area contributed by atoms with Crippen LogP contribution < -0.4 is 5.32 Å². The summed E-state index contributed by atoms with van der Waals surface area (Å²) in [6.07, 6.45) is 1.97. The van der Waals surface area contributed by atoms with Crippen LogP contribution in [-0.2, 0) is 13.6 Å².